The van der Waals surface area contributed by atoms with E-state index in [4.69, 9.17) is 0 Å². The summed E-state index contributed by atoms with van der Waals surface area (Å²) in [7, 11) is 0. The maximum absolute atomic E-state index is 12.0. The predicted octanol–water partition coefficient (Wildman–Crippen LogP) is 2.89. The number of carbonyl (C=O) groups is 1. The van der Waals surface area contributed by atoms with E-state index in [0.717, 1.165) is 12.8 Å². The Labute approximate surface area is 113 Å². The monoisotopic (exact) mass is 312 g/mol. The summed E-state index contributed by atoms with van der Waals surface area (Å²) < 4.78 is 0.562. The molecule has 0 heterocycles. The second-order valence-corrected chi connectivity index (χ2v) is 5.77. The van der Waals surface area contributed by atoms with E-state index in [2.05, 4.69) is 28.2 Å². The largest absolute Gasteiger partial charge is 0.351 e. The second-order valence-electron chi connectivity index (χ2n) is 4.91. The van der Waals surface area contributed by atoms with Crippen LogP contribution >= 0.6 is 15.9 Å². The SMILES string of the molecule is CC1(CNC(=O)c2cc([N+](=O)[O-])ccc2Br)CC1. The number of nitrogens with zero attached hydrogens (tertiary/aromatic N) is 1. The lowest BCUT2D eigenvalue weighted by Gasteiger charge is -2.10. The number of nitrogens with one attached hydrogen (secondary N) is 1. The number of nitro benzene ring substituents is 1. The quantitative estimate of drug-likeness (QED) is 0.686. The summed E-state index contributed by atoms with van der Waals surface area (Å²) in [6.07, 6.45) is 2.23. The molecule has 0 unspecified atom stereocenters. The summed E-state index contributed by atoms with van der Waals surface area (Å²) in [5.41, 5.74) is 0.428. The van der Waals surface area contributed by atoms with E-state index in [9.17, 15) is 14.9 Å². The molecule has 1 amide bonds. The van der Waals surface area contributed by atoms with Gasteiger partial charge in [-0.3, -0.25) is 14.9 Å². The molecule has 0 atom stereocenters. The van der Waals surface area contributed by atoms with Crippen molar-refractivity contribution in [3.8, 4) is 0 Å². The van der Waals surface area contributed by atoms with Crippen LogP contribution in [0.2, 0.25) is 0 Å². The molecule has 96 valence electrons. The molecule has 1 fully saturated rings. The van der Waals surface area contributed by atoms with E-state index in [-0.39, 0.29) is 17.0 Å². The summed E-state index contributed by atoms with van der Waals surface area (Å²) in [5.74, 6) is -0.279. The molecule has 0 aromatic heterocycles. The van der Waals surface area contributed by atoms with Gasteiger partial charge in [-0.1, -0.05) is 6.92 Å². The normalized spacial score (nSPS) is 16.1. The molecule has 1 aromatic rings. The molecule has 5 nitrogen and oxygen atoms in total. The Hall–Kier alpha value is -1.43. The van der Waals surface area contributed by atoms with Gasteiger partial charge >= 0.3 is 0 Å². The molecule has 0 saturated heterocycles. The third kappa shape index (κ3) is 2.87. The lowest BCUT2D eigenvalue weighted by Crippen LogP contribution is -2.29. The molecule has 0 radical (unpaired) electrons. The minimum absolute atomic E-state index is 0.0824. The first-order valence-electron chi connectivity index (χ1n) is 5.63. The summed E-state index contributed by atoms with van der Waals surface area (Å²) in [4.78, 5) is 22.1. The topological polar surface area (TPSA) is 72.2 Å². The van der Waals surface area contributed by atoms with Crippen molar-refractivity contribution in [1.29, 1.82) is 0 Å². The van der Waals surface area contributed by atoms with Gasteiger partial charge in [0.2, 0.25) is 0 Å². The van der Waals surface area contributed by atoms with Crippen LogP contribution in [0, 0.1) is 15.5 Å². The summed E-state index contributed by atoms with van der Waals surface area (Å²) >= 11 is 3.23. The summed E-state index contributed by atoms with van der Waals surface area (Å²) in [5, 5.41) is 13.5. The van der Waals surface area contributed by atoms with Gasteiger partial charge in [-0.15, -0.1) is 0 Å². The van der Waals surface area contributed by atoms with Crippen molar-refractivity contribution < 1.29 is 9.72 Å². The lowest BCUT2D eigenvalue weighted by atomic mass is 10.1. The first-order chi connectivity index (χ1) is 8.41. The van der Waals surface area contributed by atoms with Crippen LogP contribution in [0.5, 0.6) is 0 Å². The van der Waals surface area contributed by atoms with Crippen molar-refractivity contribution in [3.05, 3.63) is 38.3 Å². The predicted molar refractivity (Wildman–Crippen MR) is 70.5 cm³/mol. The van der Waals surface area contributed by atoms with Crippen LogP contribution < -0.4 is 5.32 Å². The van der Waals surface area contributed by atoms with Crippen LogP contribution in [0.1, 0.15) is 30.1 Å². The molecule has 1 aromatic carbocycles. The maximum atomic E-state index is 12.0. The van der Waals surface area contributed by atoms with Crippen molar-refractivity contribution in [2.75, 3.05) is 6.54 Å². The van der Waals surface area contributed by atoms with Gasteiger partial charge < -0.3 is 5.32 Å². The minimum Gasteiger partial charge on any atom is -0.351 e. The van der Waals surface area contributed by atoms with Crippen molar-refractivity contribution >= 4 is 27.5 Å². The number of benzene rings is 1. The highest BCUT2D eigenvalue weighted by Gasteiger charge is 2.37. The van der Waals surface area contributed by atoms with Gasteiger partial charge in [0, 0.05) is 23.2 Å². The van der Waals surface area contributed by atoms with Crippen LogP contribution in [0.4, 0.5) is 5.69 Å². The molecular formula is C12H13BrN2O3. The fourth-order valence-electron chi connectivity index (χ4n) is 1.58. The number of carbonyl (C=O) groups excluding carboxylic acids is 1. The number of non-ortho nitro benzene ring substituents is 1. The molecule has 0 spiro atoms. The van der Waals surface area contributed by atoms with Crippen LogP contribution in [0.3, 0.4) is 0 Å². The average Bonchev–Trinajstić information content (AvgIpc) is 3.05. The first kappa shape index (κ1) is 13.0. The van der Waals surface area contributed by atoms with Crippen LogP contribution in [-0.2, 0) is 0 Å². The third-order valence-corrected chi connectivity index (χ3v) is 3.88. The summed E-state index contributed by atoms with van der Waals surface area (Å²) in [6, 6.07) is 4.17. The second kappa shape index (κ2) is 4.68. The minimum atomic E-state index is -0.509. The van der Waals surface area contributed by atoms with E-state index in [1.165, 1.54) is 18.2 Å². The van der Waals surface area contributed by atoms with Gasteiger partial charge in [0.05, 0.1) is 10.5 Å². The fraction of sp³-hybridized carbons (Fsp3) is 0.417. The molecule has 1 aliphatic rings. The average molecular weight is 313 g/mol. The fourth-order valence-corrected chi connectivity index (χ4v) is 2.01. The highest BCUT2D eigenvalue weighted by atomic mass is 79.9. The first-order valence-corrected chi connectivity index (χ1v) is 6.43. The van der Waals surface area contributed by atoms with E-state index < -0.39 is 4.92 Å². The highest BCUT2D eigenvalue weighted by Crippen LogP contribution is 2.44. The van der Waals surface area contributed by atoms with Crippen LogP contribution in [-0.4, -0.2) is 17.4 Å². The zero-order chi connectivity index (χ0) is 13.3. The molecule has 6 heteroatoms. The summed E-state index contributed by atoms with van der Waals surface area (Å²) in [6.45, 7) is 2.72. The third-order valence-electron chi connectivity index (χ3n) is 3.18. The molecule has 0 aliphatic heterocycles. The number of hydrogen-bond acceptors (Lipinski definition) is 3. The van der Waals surface area contributed by atoms with Crippen LogP contribution in [0.15, 0.2) is 22.7 Å². The molecular weight excluding hydrogens is 300 g/mol. The lowest BCUT2D eigenvalue weighted by molar-refractivity contribution is -0.384. The van der Waals surface area contributed by atoms with Crippen molar-refractivity contribution in [1.82, 2.24) is 5.32 Å². The molecule has 1 aliphatic carbocycles. The van der Waals surface area contributed by atoms with Gasteiger partial charge in [0.25, 0.3) is 11.6 Å². The Morgan fingerprint density at radius 2 is 2.22 bits per heavy atom. The van der Waals surface area contributed by atoms with Gasteiger partial charge in [0.1, 0.15) is 0 Å². The van der Waals surface area contributed by atoms with Crippen molar-refractivity contribution in [3.63, 3.8) is 0 Å². The zero-order valence-corrected chi connectivity index (χ0v) is 11.5. The van der Waals surface area contributed by atoms with Gasteiger partial charge in [-0.05, 0) is 40.3 Å². The number of halogens is 1. The Balaban J connectivity index is 2.13. The Morgan fingerprint density at radius 3 is 2.78 bits per heavy atom. The Kier molecular flexibility index (Phi) is 3.38. The van der Waals surface area contributed by atoms with E-state index in [1.807, 2.05) is 0 Å². The molecule has 2 rings (SSSR count). The van der Waals surface area contributed by atoms with Crippen LogP contribution in [0.25, 0.3) is 0 Å². The van der Waals surface area contributed by atoms with E-state index in [0.29, 0.717) is 16.6 Å². The Morgan fingerprint density at radius 1 is 1.56 bits per heavy atom. The van der Waals surface area contributed by atoms with E-state index in [1.54, 1.807) is 0 Å². The molecule has 1 saturated carbocycles. The van der Waals surface area contributed by atoms with Crippen molar-refractivity contribution in [2.45, 2.75) is 19.8 Å². The standard InChI is InChI=1S/C12H13BrN2O3/c1-12(4-5-12)7-14-11(16)9-6-8(15(17)18)2-3-10(9)13/h2-3,6H,4-5,7H2,1H3,(H,14,16). The molecule has 0 bridgehead atoms. The maximum Gasteiger partial charge on any atom is 0.270 e. The van der Waals surface area contributed by atoms with Gasteiger partial charge in [-0.25, -0.2) is 0 Å². The number of rotatable bonds is 4. The smallest absolute Gasteiger partial charge is 0.270 e. The number of amides is 1. The van der Waals surface area contributed by atoms with Gasteiger partial charge in [0.15, 0.2) is 0 Å². The Bertz CT molecular complexity index is 512. The van der Waals surface area contributed by atoms with Crippen molar-refractivity contribution in [2.24, 2.45) is 5.41 Å². The zero-order valence-electron chi connectivity index (χ0n) is 9.90. The van der Waals surface area contributed by atoms with E-state index >= 15 is 0 Å². The van der Waals surface area contributed by atoms with Gasteiger partial charge in [-0.2, -0.15) is 0 Å². The number of hydrogen-bond donors (Lipinski definition) is 1. The molecule has 18 heavy (non-hydrogen) atoms. The highest BCUT2D eigenvalue weighted by molar-refractivity contribution is 9.10. The molecule has 1 N–H and O–H groups in total. The number of nitro groups is 1.